The number of hydrogen-bond donors (Lipinski definition) is 1. The quantitative estimate of drug-likeness (QED) is 0.940. The first kappa shape index (κ1) is 14.2. The van der Waals surface area contributed by atoms with Crippen LogP contribution in [0, 0.1) is 0 Å². The first-order valence-electron chi connectivity index (χ1n) is 7.19. The number of pyridine rings is 1. The molecule has 0 saturated carbocycles. The van der Waals surface area contributed by atoms with Crippen molar-refractivity contribution >= 4 is 11.7 Å². The molecule has 0 atom stereocenters. The van der Waals surface area contributed by atoms with Crippen LogP contribution in [-0.2, 0) is 11.8 Å². The third kappa shape index (κ3) is 3.46. The number of rotatable bonds is 4. The van der Waals surface area contributed by atoms with Gasteiger partial charge in [-0.05, 0) is 30.5 Å². The number of anilines is 1. The number of hydrogen-bond acceptors (Lipinski definition) is 4. The Hall–Kier alpha value is -2.76. The van der Waals surface area contributed by atoms with Crippen LogP contribution in [0.1, 0.15) is 19.3 Å². The van der Waals surface area contributed by atoms with Crippen molar-refractivity contribution in [2.45, 2.75) is 19.3 Å². The molecule has 1 amide bonds. The van der Waals surface area contributed by atoms with Gasteiger partial charge in [0.15, 0.2) is 0 Å². The molecule has 1 aliphatic carbocycles. The number of carbonyl (C=O) groups is 1. The van der Waals surface area contributed by atoms with Crippen molar-refractivity contribution in [3.05, 3.63) is 48.3 Å². The zero-order valence-electron chi connectivity index (χ0n) is 12.4. The first-order chi connectivity index (χ1) is 10.7. The molecule has 0 unspecified atom stereocenters. The summed E-state index contributed by atoms with van der Waals surface area (Å²) in [6.45, 7) is 0. The minimum Gasteiger partial charge on any atom is -0.310 e. The summed E-state index contributed by atoms with van der Waals surface area (Å²) in [5.74, 6) is 0.482. The van der Waals surface area contributed by atoms with Crippen molar-refractivity contribution in [3.63, 3.8) is 0 Å². The van der Waals surface area contributed by atoms with Gasteiger partial charge in [-0.15, -0.1) is 0 Å². The van der Waals surface area contributed by atoms with E-state index in [9.17, 15) is 4.79 Å². The lowest BCUT2D eigenvalue weighted by Gasteiger charge is -2.08. The summed E-state index contributed by atoms with van der Waals surface area (Å²) in [5.41, 5.74) is 2.68. The van der Waals surface area contributed by atoms with Crippen LogP contribution in [0.2, 0.25) is 0 Å². The van der Waals surface area contributed by atoms with Crippen molar-refractivity contribution in [1.82, 2.24) is 20.0 Å². The van der Waals surface area contributed by atoms with Gasteiger partial charge in [0.2, 0.25) is 5.91 Å². The molecule has 22 heavy (non-hydrogen) atoms. The Labute approximate surface area is 128 Å². The number of aromatic nitrogens is 4. The molecule has 0 saturated heterocycles. The summed E-state index contributed by atoms with van der Waals surface area (Å²) in [7, 11) is 1.76. The van der Waals surface area contributed by atoms with Gasteiger partial charge in [0.05, 0.1) is 12.6 Å². The second kappa shape index (κ2) is 6.34. The molecule has 0 aromatic carbocycles. The standard InChI is InChI=1S/C16H17N5O/c1-21-18-11-14(20-21)13-7-8-15(17-10-13)19-16(22)9-12-5-3-2-4-6-12/h3,5-8,10-11H,2,4,9H2,1H3,(H,17,19,22). The number of aryl methyl sites for hydroxylation is 1. The molecule has 0 radical (unpaired) electrons. The number of carbonyl (C=O) groups excluding carboxylic acids is 1. The lowest BCUT2D eigenvalue weighted by atomic mass is 10.0. The van der Waals surface area contributed by atoms with Crippen LogP contribution >= 0.6 is 0 Å². The molecule has 3 rings (SSSR count). The summed E-state index contributed by atoms with van der Waals surface area (Å²) < 4.78 is 0. The van der Waals surface area contributed by atoms with E-state index in [1.165, 1.54) is 4.80 Å². The molecule has 6 heteroatoms. The summed E-state index contributed by atoms with van der Waals surface area (Å²) in [5, 5.41) is 11.0. The van der Waals surface area contributed by atoms with Crippen LogP contribution in [0.5, 0.6) is 0 Å². The van der Waals surface area contributed by atoms with Gasteiger partial charge in [0.1, 0.15) is 11.5 Å². The molecular weight excluding hydrogens is 278 g/mol. The molecule has 6 nitrogen and oxygen atoms in total. The van der Waals surface area contributed by atoms with Gasteiger partial charge in [-0.2, -0.15) is 15.0 Å². The first-order valence-corrected chi connectivity index (χ1v) is 7.19. The van der Waals surface area contributed by atoms with Gasteiger partial charge in [-0.3, -0.25) is 4.79 Å². The van der Waals surface area contributed by atoms with Crippen molar-refractivity contribution < 1.29 is 4.79 Å². The maximum absolute atomic E-state index is 12.0. The van der Waals surface area contributed by atoms with Crippen LogP contribution in [0.3, 0.4) is 0 Å². The summed E-state index contributed by atoms with van der Waals surface area (Å²) in [4.78, 5) is 17.7. The lowest BCUT2D eigenvalue weighted by molar-refractivity contribution is -0.115. The summed E-state index contributed by atoms with van der Waals surface area (Å²) in [6, 6.07) is 3.64. The van der Waals surface area contributed by atoms with E-state index in [1.807, 2.05) is 12.1 Å². The average molecular weight is 295 g/mol. The molecule has 0 fully saturated rings. The Morgan fingerprint density at radius 1 is 1.32 bits per heavy atom. The minimum atomic E-state index is -0.0578. The van der Waals surface area contributed by atoms with Crippen molar-refractivity contribution in [2.75, 3.05) is 5.32 Å². The normalized spacial score (nSPS) is 13.8. The van der Waals surface area contributed by atoms with E-state index >= 15 is 0 Å². The van der Waals surface area contributed by atoms with Crippen molar-refractivity contribution in [3.8, 4) is 11.3 Å². The lowest BCUT2D eigenvalue weighted by Crippen LogP contribution is -2.13. The highest BCUT2D eigenvalue weighted by Gasteiger charge is 2.08. The third-order valence-electron chi connectivity index (χ3n) is 3.36. The van der Waals surface area contributed by atoms with Crippen molar-refractivity contribution in [1.29, 1.82) is 0 Å². The average Bonchev–Trinajstić information content (AvgIpc) is 2.95. The van der Waals surface area contributed by atoms with Crippen LogP contribution in [-0.4, -0.2) is 25.9 Å². The Morgan fingerprint density at radius 3 is 2.86 bits per heavy atom. The number of amides is 1. The van der Waals surface area contributed by atoms with Crippen LogP contribution in [0.15, 0.2) is 48.3 Å². The van der Waals surface area contributed by atoms with Crippen LogP contribution in [0.25, 0.3) is 11.3 Å². The predicted octanol–water partition coefficient (Wildman–Crippen LogP) is 2.48. The highest BCUT2D eigenvalue weighted by molar-refractivity contribution is 5.91. The molecule has 0 aliphatic heterocycles. The largest absolute Gasteiger partial charge is 0.310 e. The number of allylic oxidation sites excluding steroid dienone is 3. The molecule has 2 heterocycles. The van der Waals surface area contributed by atoms with E-state index in [2.05, 4.69) is 32.7 Å². The fraction of sp³-hybridized carbons (Fsp3) is 0.250. The molecule has 0 bridgehead atoms. The van der Waals surface area contributed by atoms with Gasteiger partial charge < -0.3 is 5.32 Å². The van der Waals surface area contributed by atoms with Crippen molar-refractivity contribution in [2.24, 2.45) is 7.05 Å². The summed E-state index contributed by atoms with van der Waals surface area (Å²) in [6.07, 6.45) is 12.0. The molecule has 2 aromatic heterocycles. The van der Waals surface area contributed by atoms with Gasteiger partial charge in [-0.1, -0.05) is 18.2 Å². The maximum Gasteiger partial charge on any atom is 0.229 e. The molecular formula is C16H17N5O. The Morgan fingerprint density at radius 2 is 2.23 bits per heavy atom. The molecule has 1 aliphatic rings. The van der Waals surface area contributed by atoms with Gasteiger partial charge >= 0.3 is 0 Å². The van der Waals surface area contributed by atoms with Crippen LogP contribution in [0.4, 0.5) is 5.82 Å². The summed E-state index contributed by atoms with van der Waals surface area (Å²) >= 11 is 0. The topological polar surface area (TPSA) is 72.7 Å². The second-order valence-corrected chi connectivity index (χ2v) is 5.14. The number of nitrogens with zero attached hydrogens (tertiary/aromatic N) is 4. The molecule has 1 N–H and O–H groups in total. The smallest absolute Gasteiger partial charge is 0.229 e. The Kier molecular flexibility index (Phi) is 4.09. The molecule has 112 valence electrons. The second-order valence-electron chi connectivity index (χ2n) is 5.14. The van der Waals surface area contributed by atoms with Gasteiger partial charge in [-0.25, -0.2) is 4.98 Å². The van der Waals surface area contributed by atoms with Gasteiger partial charge in [0.25, 0.3) is 0 Å². The molecule has 0 spiro atoms. The van der Waals surface area contributed by atoms with E-state index in [1.54, 1.807) is 25.5 Å². The fourth-order valence-corrected chi connectivity index (χ4v) is 2.27. The van der Waals surface area contributed by atoms with E-state index in [4.69, 9.17) is 0 Å². The minimum absolute atomic E-state index is 0.0578. The van der Waals surface area contributed by atoms with Crippen LogP contribution < -0.4 is 5.32 Å². The monoisotopic (exact) mass is 295 g/mol. The van der Waals surface area contributed by atoms with Gasteiger partial charge in [0, 0.05) is 18.8 Å². The zero-order chi connectivity index (χ0) is 15.4. The predicted molar refractivity (Wildman–Crippen MR) is 83.9 cm³/mol. The van der Waals surface area contributed by atoms with E-state index in [0.717, 1.165) is 29.7 Å². The Balaban J connectivity index is 1.62. The van der Waals surface area contributed by atoms with E-state index in [0.29, 0.717) is 12.2 Å². The maximum atomic E-state index is 12.0. The molecule has 2 aromatic rings. The van der Waals surface area contributed by atoms with E-state index < -0.39 is 0 Å². The van der Waals surface area contributed by atoms with E-state index in [-0.39, 0.29) is 5.91 Å². The fourth-order valence-electron chi connectivity index (χ4n) is 2.27. The Bertz CT molecular complexity index is 727. The zero-order valence-corrected chi connectivity index (χ0v) is 12.4. The third-order valence-corrected chi connectivity index (χ3v) is 3.36. The highest BCUT2D eigenvalue weighted by atomic mass is 16.1. The number of nitrogens with one attached hydrogen (secondary N) is 1. The highest BCUT2D eigenvalue weighted by Crippen LogP contribution is 2.17. The SMILES string of the molecule is Cn1ncc(-c2ccc(NC(=O)CC3=CCCC=C3)nc2)n1.